The van der Waals surface area contributed by atoms with E-state index in [-0.39, 0.29) is 17.9 Å². The molecule has 0 bridgehead atoms. The van der Waals surface area contributed by atoms with E-state index in [1.807, 2.05) is 25.7 Å². The van der Waals surface area contributed by atoms with Crippen LogP contribution >= 0.6 is 11.3 Å². The number of carbonyl (C=O) groups excluding carboxylic acids is 1. The van der Waals surface area contributed by atoms with Gasteiger partial charge in [-0.2, -0.15) is 0 Å². The molecule has 0 saturated carbocycles. The van der Waals surface area contributed by atoms with Gasteiger partial charge < -0.3 is 15.5 Å². The normalized spacial score (nSPS) is 18.6. The summed E-state index contributed by atoms with van der Waals surface area (Å²) in [5.41, 5.74) is 1.09. The molecule has 128 valence electrons. The van der Waals surface area contributed by atoms with Crippen LogP contribution in [0, 0.1) is 19.8 Å². The zero-order valence-corrected chi connectivity index (χ0v) is 15.5. The summed E-state index contributed by atoms with van der Waals surface area (Å²) in [4.78, 5) is 24.0. The number of aliphatic imine (C=N–C) groups is 1. The fourth-order valence-corrected chi connectivity index (χ4v) is 3.48. The van der Waals surface area contributed by atoms with Gasteiger partial charge in [-0.15, -0.1) is 11.3 Å². The molecule has 2 N–H and O–H groups in total. The summed E-state index contributed by atoms with van der Waals surface area (Å²) in [6, 6.07) is 0.253. The Morgan fingerprint density at radius 1 is 1.48 bits per heavy atom. The number of guanidine groups is 1. The minimum absolute atomic E-state index is 0.0579. The van der Waals surface area contributed by atoms with Gasteiger partial charge >= 0.3 is 0 Å². The van der Waals surface area contributed by atoms with Crippen LogP contribution in [0.25, 0.3) is 0 Å². The molecule has 1 atom stereocenters. The van der Waals surface area contributed by atoms with E-state index in [4.69, 9.17) is 0 Å². The third-order valence-corrected chi connectivity index (χ3v) is 5.11. The lowest BCUT2D eigenvalue weighted by molar-refractivity contribution is -0.133. The van der Waals surface area contributed by atoms with Crippen LogP contribution in [-0.4, -0.2) is 47.9 Å². The summed E-state index contributed by atoms with van der Waals surface area (Å²) in [7, 11) is 1.76. The summed E-state index contributed by atoms with van der Waals surface area (Å²) in [6.45, 7) is 10.2. The van der Waals surface area contributed by atoms with Crippen molar-refractivity contribution < 1.29 is 4.79 Å². The van der Waals surface area contributed by atoms with E-state index in [2.05, 4.69) is 27.5 Å². The van der Waals surface area contributed by atoms with Crippen LogP contribution in [0.4, 0.5) is 0 Å². The molecule has 1 fully saturated rings. The number of hydrogen-bond donors (Lipinski definition) is 2. The lowest BCUT2D eigenvalue weighted by Crippen LogP contribution is -2.45. The van der Waals surface area contributed by atoms with Gasteiger partial charge in [-0.05, 0) is 20.3 Å². The number of rotatable bonds is 4. The summed E-state index contributed by atoms with van der Waals surface area (Å²) < 4.78 is 0. The molecule has 1 amide bonds. The van der Waals surface area contributed by atoms with E-state index in [0.717, 1.165) is 36.2 Å². The zero-order chi connectivity index (χ0) is 17.0. The first-order valence-electron chi connectivity index (χ1n) is 8.09. The van der Waals surface area contributed by atoms with Crippen LogP contribution in [0.1, 0.15) is 35.8 Å². The van der Waals surface area contributed by atoms with E-state index in [1.165, 1.54) is 4.88 Å². The lowest BCUT2D eigenvalue weighted by atomic mass is 10.2. The maximum absolute atomic E-state index is 12.0. The molecule has 2 heterocycles. The second-order valence-electron chi connectivity index (χ2n) is 6.24. The van der Waals surface area contributed by atoms with Crippen molar-refractivity contribution in [1.82, 2.24) is 20.5 Å². The number of amides is 1. The summed E-state index contributed by atoms with van der Waals surface area (Å²) in [6.07, 6.45) is 0.953. The minimum Gasteiger partial charge on any atom is -0.352 e. The van der Waals surface area contributed by atoms with E-state index < -0.39 is 0 Å². The highest BCUT2D eigenvalue weighted by Crippen LogP contribution is 2.16. The largest absolute Gasteiger partial charge is 0.352 e. The van der Waals surface area contributed by atoms with Crippen LogP contribution in [0.2, 0.25) is 0 Å². The Morgan fingerprint density at radius 2 is 2.22 bits per heavy atom. The quantitative estimate of drug-likeness (QED) is 0.648. The van der Waals surface area contributed by atoms with Crippen molar-refractivity contribution in [3.63, 3.8) is 0 Å². The first-order valence-corrected chi connectivity index (χ1v) is 8.91. The molecule has 6 nitrogen and oxygen atoms in total. The van der Waals surface area contributed by atoms with Crippen LogP contribution in [-0.2, 0) is 11.3 Å². The smallest absolute Gasteiger partial charge is 0.225 e. The monoisotopic (exact) mass is 337 g/mol. The third kappa shape index (κ3) is 4.67. The first kappa shape index (κ1) is 17.7. The Morgan fingerprint density at radius 3 is 2.78 bits per heavy atom. The molecule has 0 radical (unpaired) electrons. The SMILES string of the molecule is CN=C(NCc1nc(C)c(C)s1)N[C@H]1CCN(C(=O)C(C)C)C1. The zero-order valence-electron chi connectivity index (χ0n) is 14.6. The van der Waals surface area contributed by atoms with Crippen molar-refractivity contribution in [2.24, 2.45) is 10.9 Å². The van der Waals surface area contributed by atoms with Crippen LogP contribution in [0.15, 0.2) is 4.99 Å². The summed E-state index contributed by atoms with van der Waals surface area (Å²) in [5, 5.41) is 7.77. The van der Waals surface area contributed by atoms with Crippen molar-refractivity contribution in [2.45, 2.75) is 46.7 Å². The maximum Gasteiger partial charge on any atom is 0.225 e. The fourth-order valence-electron chi connectivity index (χ4n) is 2.61. The number of nitrogens with one attached hydrogen (secondary N) is 2. The number of aryl methyl sites for hydroxylation is 2. The van der Waals surface area contributed by atoms with Crippen molar-refractivity contribution in [3.05, 3.63) is 15.6 Å². The van der Waals surface area contributed by atoms with Crippen LogP contribution < -0.4 is 10.6 Å². The summed E-state index contributed by atoms with van der Waals surface area (Å²) in [5.74, 6) is 1.05. The number of thiazole rings is 1. The van der Waals surface area contributed by atoms with Gasteiger partial charge in [0.05, 0.1) is 12.2 Å². The molecule has 7 heteroatoms. The topological polar surface area (TPSA) is 69.6 Å². The highest BCUT2D eigenvalue weighted by molar-refractivity contribution is 7.11. The predicted octanol–water partition coefficient (Wildman–Crippen LogP) is 1.68. The van der Waals surface area contributed by atoms with Gasteiger partial charge in [0.1, 0.15) is 5.01 Å². The van der Waals surface area contributed by atoms with Gasteiger partial charge in [-0.25, -0.2) is 4.98 Å². The molecule has 0 aliphatic carbocycles. The summed E-state index contributed by atoms with van der Waals surface area (Å²) >= 11 is 1.71. The molecule has 23 heavy (non-hydrogen) atoms. The maximum atomic E-state index is 12.0. The first-order chi connectivity index (χ1) is 10.9. The standard InChI is InChI=1S/C16H27N5OS/c1-10(2)15(22)21-7-6-13(9-21)20-16(17-5)18-8-14-19-11(3)12(4)23-14/h10,13H,6-9H2,1-5H3,(H2,17,18,20)/t13-/m0/s1. The molecule has 2 rings (SSSR count). The number of carbonyl (C=O) groups is 1. The van der Waals surface area contributed by atoms with Crippen molar-refractivity contribution >= 4 is 23.2 Å². The lowest BCUT2D eigenvalue weighted by Gasteiger charge is -2.20. The Balaban J connectivity index is 1.82. The number of likely N-dealkylation sites (tertiary alicyclic amines) is 1. The van der Waals surface area contributed by atoms with Gasteiger partial charge in [0, 0.05) is 37.0 Å². The third-order valence-electron chi connectivity index (χ3n) is 4.04. The van der Waals surface area contributed by atoms with Gasteiger partial charge in [-0.3, -0.25) is 9.79 Å². The average Bonchev–Trinajstić information content (AvgIpc) is 3.10. The number of nitrogens with zero attached hydrogens (tertiary/aromatic N) is 3. The molecule has 1 aliphatic heterocycles. The van der Waals surface area contributed by atoms with Gasteiger partial charge in [0.25, 0.3) is 0 Å². The molecule has 1 saturated heterocycles. The fraction of sp³-hybridized carbons (Fsp3) is 0.688. The second-order valence-corrected chi connectivity index (χ2v) is 7.53. The molecule has 0 unspecified atom stereocenters. The Hall–Kier alpha value is -1.63. The van der Waals surface area contributed by atoms with E-state index >= 15 is 0 Å². The highest BCUT2D eigenvalue weighted by atomic mass is 32.1. The molecular weight excluding hydrogens is 310 g/mol. The Labute approximate surface area is 142 Å². The van der Waals surface area contributed by atoms with Crippen molar-refractivity contribution in [3.8, 4) is 0 Å². The molecule has 0 spiro atoms. The van der Waals surface area contributed by atoms with Crippen molar-refractivity contribution in [1.29, 1.82) is 0 Å². The molecular formula is C16H27N5OS. The minimum atomic E-state index is 0.0579. The molecule has 1 aromatic heterocycles. The second kappa shape index (κ2) is 7.77. The molecule has 1 aliphatic rings. The Bertz CT molecular complexity index is 562. The average molecular weight is 337 g/mol. The molecule has 1 aromatic rings. The molecule has 0 aromatic carbocycles. The Kier molecular flexibility index (Phi) is 5.98. The van der Waals surface area contributed by atoms with E-state index in [0.29, 0.717) is 6.54 Å². The van der Waals surface area contributed by atoms with Gasteiger partial charge in [-0.1, -0.05) is 13.8 Å². The van der Waals surface area contributed by atoms with Crippen molar-refractivity contribution in [2.75, 3.05) is 20.1 Å². The van der Waals surface area contributed by atoms with Crippen LogP contribution in [0.3, 0.4) is 0 Å². The van der Waals surface area contributed by atoms with E-state index in [9.17, 15) is 4.79 Å². The van der Waals surface area contributed by atoms with Gasteiger partial charge in [0.15, 0.2) is 5.96 Å². The predicted molar refractivity (Wildman–Crippen MR) is 94.7 cm³/mol. The number of aromatic nitrogens is 1. The highest BCUT2D eigenvalue weighted by Gasteiger charge is 2.27. The van der Waals surface area contributed by atoms with Gasteiger partial charge in [0.2, 0.25) is 5.91 Å². The van der Waals surface area contributed by atoms with E-state index in [1.54, 1.807) is 18.4 Å². The van der Waals surface area contributed by atoms with Crippen LogP contribution in [0.5, 0.6) is 0 Å². The number of hydrogen-bond acceptors (Lipinski definition) is 4.